The highest BCUT2D eigenvalue weighted by atomic mass is 19.1. The molecular weight excluding hydrogens is 209 g/mol. The van der Waals surface area contributed by atoms with Gasteiger partial charge in [0.1, 0.15) is 5.82 Å². The third kappa shape index (κ3) is 2.33. The van der Waals surface area contributed by atoms with E-state index in [4.69, 9.17) is 10.5 Å². The van der Waals surface area contributed by atoms with E-state index in [1.54, 1.807) is 0 Å². The highest BCUT2D eigenvalue weighted by molar-refractivity contribution is 5.48. The van der Waals surface area contributed by atoms with Gasteiger partial charge in [-0.05, 0) is 37.0 Å². The summed E-state index contributed by atoms with van der Waals surface area (Å²) in [5, 5.41) is 10.1. The third-order valence-corrected chi connectivity index (χ3v) is 3.08. The Hall–Kier alpha value is -1.13. The van der Waals surface area contributed by atoms with Gasteiger partial charge in [-0.15, -0.1) is 0 Å². The van der Waals surface area contributed by atoms with Crippen molar-refractivity contribution >= 4 is 5.69 Å². The van der Waals surface area contributed by atoms with Gasteiger partial charge >= 0.3 is 0 Å². The highest BCUT2D eigenvalue weighted by Crippen LogP contribution is 2.32. The molecule has 1 atom stereocenters. The molecular formula is C12H16FNO2. The van der Waals surface area contributed by atoms with Crippen molar-refractivity contribution in [3.8, 4) is 0 Å². The minimum Gasteiger partial charge on any atom is -0.398 e. The predicted octanol–water partition coefficient (Wildman–Crippen LogP) is 1.87. The zero-order valence-electron chi connectivity index (χ0n) is 9.03. The Balaban J connectivity index is 2.18. The number of hydrogen-bond donors (Lipinski definition) is 2. The molecule has 1 saturated heterocycles. The van der Waals surface area contributed by atoms with Gasteiger partial charge in [-0.2, -0.15) is 0 Å². The number of aliphatic hydroxyl groups is 1. The molecule has 1 unspecified atom stereocenters. The van der Waals surface area contributed by atoms with Crippen molar-refractivity contribution < 1.29 is 14.2 Å². The van der Waals surface area contributed by atoms with Crippen LogP contribution in [0.5, 0.6) is 0 Å². The first-order valence-corrected chi connectivity index (χ1v) is 5.49. The molecule has 4 heteroatoms. The van der Waals surface area contributed by atoms with Gasteiger partial charge in [0.2, 0.25) is 0 Å². The van der Waals surface area contributed by atoms with Crippen molar-refractivity contribution in [1.82, 2.24) is 0 Å². The summed E-state index contributed by atoms with van der Waals surface area (Å²) in [4.78, 5) is 0. The van der Waals surface area contributed by atoms with E-state index in [-0.39, 0.29) is 11.7 Å². The van der Waals surface area contributed by atoms with Gasteiger partial charge < -0.3 is 15.6 Å². The quantitative estimate of drug-likeness (QED) is 0.755. The fourth-order valence-electron chi connectivity index (χ4n) is 2.09. The monoisotopic (exact) mass is 225 g/mol. The van der Waals surface area contributed by atoms with Crippen LogP contribution in [0.1, 0.15) is 24.5 Å². The summed E-state index contributed by atoms with van der Waals surface area (Å²) >= 11 is 0. The topological polar surface area (TPSA) is 55.5 Å². The standard InChI is InChI=1S/C12H16FNO2/c13-9-1-2-11(14)10(7-9)12(15)8-3-5-16-6-4-8/h1-2,7-8,12,15H,3-6,14H2. The molecule has 1 heterocycles. The highest BCUT2D eigenvalue weighted by Gasteiger charge is 2.25. The van der Waals surface area contributed by atoms with E-state index < -0.39 is 6.10 Å². The second-order valence-electron chi connectivity index (χ2n) is 4.17. The molecule has 2 rings (SSSR count). The third-order valence-electron chi connectivity index (χ3n) is 3.08. The average Bonchev–Trinajstić information content (AvgIpc) is 2.32. The fraction of sp³-hybridized carbons (Fsp3) is 0.500. The van der Waals surface area contributed by atoms with Crippen molar-refractivity contribution in [1.29, 1.82) is 0 Å². The largest absolute Gasteiger partial charge is 0.398 e. The van der Waals surface area contributed by atoms with Crippen LogP contribution in [0.25, 0.3) is 0 Å². The molecule has 0 bridgehead atoms. The zero-order chi connectivity index (χ0) is 11.5. The summed E-state index contributed by atoms with van der Waals surface area (Å²) in [5.41, 5.74) is 6.68. The first kappa shape index (κ1) is 11.4. The molecule has 0 aliphatic carbocycles. The van der Waals surface area contributed by atoms with Gasteiger partial charge in [0, 0.05) is 24.5 Å². The molecule has 3 nitrogen and oxygen atoms in total. The predicted molar refractivity (Wildman–Crippen MR) is 59.3 cm³/mol. The van der Waals surface area contributed by atoms with Gasteiger partial charge in [-0.1, -0.05) is 0 Å². The molecule has 1 fully saturated rings. The molecule has 0 saturated carbocycles. The molecule has 1 aliphatic rings. The van der Waals surface area contributed by atoms with E-state index >= 15 is 0 Å². The molecule has 0 amide bonds. The number of ether oxygens (including phenoxy) is 1. The van der Waals surface area contributed by atoms with E-state index in [1.165, 1.54) is 18.2 Å². The molecule has 1 aromatic carbocycles. The Morgan fingerprint density at radius 2 is 2.06 bits per heavy atom. The summed E-state index contributed by atoms with van der Waals surface area (Å²) in [6.07, 6.45) is 0.883. The summed E-state index contributed by atoms with van der Waals surface area (Å²) in [6, 6.07) is 4.11. The van der Waals surface area contributed by atoms with Crippen LogP contribution in [-0.2, 0) is 4.74 Å². The second-order valence-corrected chi connectivity index (χ2v) is 4.17. The van der Waals surface area contributed by atoms with Crippen LogP contribution in [0.15, 0.2) is 18.2 Å². The van der Waals surface area contributed by atoms with E-state index in [2.05, 4.69) is 0 Å². The number of anilines is 1. The van der Waals surface area contributed by atoms with Crippen LogP contribution < -0.4 is 5.73 Å². The van der Waals surface area contributed by atoms with Crippen LogP contribution in [0.2, 0.25) is 0 Å². The van der Waals surface area contributed by atoms with E-state index in [0.717, 1.165) is 12.8 Å². The minimum absolute atomic E-state index is 0.109. The second kappa shape index (κ2) is 4.80. The van der Waals surface area contributed by atoms with E-state index in [0.29, 0.717) is 24.5 Å². The van der Waals surface area contributed by atoms with Crippen LogP contribution >= 0.6 is 0 Å². The Labute approximate surface area is 94.0 Å². The molecule has 1 aromatic rings. The number of halogens is 1. The maximum Gasteiger partial charge on any atom is 0.123 e. The van der Waals surface area contributed by atoms with E-state index in [9.17, 15) is 9.50 Å². The Bertz CT molecular complexity index is 364. The molecule has 0 radical (unpaired) electrons. The number of hydrogen-bond acceptors (Lipinski definition) is 3. The summed E-state index contributed by atoms with van der Waals surface area (Å²) in [5.74, 6) is -0.256. The lowest BCUT2D eigenvalue weighted by Gasteiger charge is -2.27. The number of nitrogens with two attached hydrogens (primary N) is 1. The lowest BCUT2D eigenvalue weighted by Crippen LogP contribution is -2.22. The fourth-order valence-corrected chi connectivity index (χ4v) is 2.09. The summed E-state index contributed by atoms with van der Waals surface area (Å²) < 4.78 is 18.3. The molecule has 0 spiro atoms. The van der Waals surface area contributed by atoms with Crippen molar-refractivity contribution in [2.45, 2.75) is 18.9 Å². The Kier molecular flexibility index (Phi) is 3.41. The first-order valence-electron chi connectivity index (χ1n) is 5.49. The average molecular weight is 225 g/mol. The normalized spacial score (nSPS) is 19.6. The van der Waals surface area contributed by atoms with Crippen molar-refractivity contribution in [3.63, 3.8) is 0 Å². The lowest BCUT2D eigenvalue weighted by molar-refractivity contribution is 0.00736. The summed E-state index contributed by atoms with van der Waals surface area (Å²) in [6.45, 7) is 1.30. The Morgan fingerprint density at radius 1 is 1.38 bits per heavy atom. The number of aliphatic hydroxyl groups excluding tert-OH is 1. The maximum atomic E-state index is 13.1. The van der Waals surface area contributed by atoms with Crippen molar-refractivity contribution in [2.75, 3.05) is 18.9 Å². The molecule has 0 aromatic heterocycles. The molecule has 3 N–H and O–H groups in total. The van der Waals surface area contributed by atoms with Gasteiger partial charge in [-0.25, -0.2) is 4.39 Å². The Morgan fingerprint density at radius 3 is 2.75 bits per heavy atom. The number of nitrogen functional groups attached to an aromatic ring is 1. The number of benzene rings is 1. The van der Waals surface area contributed by atoms with Gasteiger partial charge in [-0.3, -0.25) is 0 Å². The first-order chi connectivity index (χ1) is 7.68. The number of rotatable bonds is 2. The maximum absolute atomic E-state index is 13.1. The van der Waals surface area contributed by atoms with Crippen molar-refractivity contribution in [2.24, 2.45) is 5.92 Å². The zero-order valence-corrected chi connectivity index (χ0v) is 9.03. The van der Waals surface area contributed by atoms with Crippen LogP contribution in [-0.4, -0.2) is 18.3 Å². The van der Waals surface area contributed by atoms with Gasteiger partial charge in [0.05, 0.1) is 6.10 Å². The van der Waals surface area contributed by atoms with Crippen molar-refractivity contribution in [3.05, 3.63) is 29.6 Å². The lowest BCUT2D eigenvalue weighted by atomic mass is 9.89. The SMILES string of the molecule is Nc1ccc(F)cc1C(O)C1CCOCC1. The van der Waals surface area contributed by atoms with Gasteiger partial charge in [0.15, 0.2) is 0 Å². The minimum atomic E-state index is -0.695. The summed E-state index contributed by atoms with van der Waals surface area (Å²) in [7, 11) is 0. The van der Waals surface area contributed by atoms with Crippen LogP contribution in [0.4, 0.5) is 10.1 Å². The van der Waals surface area contributed by atoms with Gasteiger partial charge in [0.25, 0.3) is 0 Å². The molecule has 1 aliphatic heterocycles. The molecule has 16 heavy (non-hydrogen) atoms. The smallest absolute Gasteiger partial charge is 0.123 e. The molecule has 88 valence electrons. The van der Waals surface area contributed by atoms with E-state index in [1.807, 2.05) is 0 Å². The van der Waals surface area contributed by atoms with Crippen LogP contribution in [0, 0.1) is 11.7 Å². The van der Waals surface area contributed by atoms with Crippen LogP contribution in [0.3, 0.4) is 0 Å².